The molecule has 0 amide bonds. The third-order valence-corrected chi connectivity index (χ3v) is 9.07. The molecule has 0 bridgehead atoms. The van der Waals surface area contributed by atoms with E-state index in [1.54, 1.807) is 0 Å². The van der Waals surface area contributed by atoms with Gasteiger partial charge >= 0.3 is 0 Å². The zero-order valence-corrected chi connectivity index (χ0v) is 22.2. The van der Waals surface area contributed by atoms with Crippen molar-refractivity contribution >= 4 is 60.2 Å². The van der Waals surface area contributed by atoms with Crippen molar-refractivity contribution in [2.75, 3.05) is 0 Å². The lowest BCUT2D eigenvalue weighted by atomic mass is 9.98. The first-order chi connectivity index (χ1) is 20.3. The van der Waals surface area contributed by atoms with Crippen LogP contribution in [0.3, 0.4) is 0 Å². The molecule has 0 fully saturated rings. The Balaban J connectivity index is 1.45. The Kier molecular flexibility index (Phi) is 3.98. The van der Waals surface area contributed by atoms with E-state index in [1.807, 2.05) is 0 Å². The van der Waals surface area contributed by atoms with Crippen LogP contribution in [0.2, 0.25) is 0 Å². The normalized spacial score (nSPS) is 12.8. The zero-order chi connectivity index (χ0) is 26.7. The molecule has 0 unspecified atom stereocenters. The molecule has 1 aliphatic rings. The van der Waals surface area contributed by atoms with Gasteiger partial charge < -0.3 is 4.57 Å². The van der Waals surface area contributed by atoms with E-state index >= 15 is 0 Å². The summed E-state index contributed by atoms with van der Waals surface area (Å²) in [5.74, 6) is 0. The van der Waals surface area contributed by atoms with Crippen molar-refractivity contribution in [3.05, 3.63) is 139 Å². The zero-order valence-electron chi connectivity index (χ0n) is 22.2. The maximum atomic E-state index is 5.24. The standard InChI is InChI=1S/C38H23N3/c1-2-11-25(12-3-1)40-34-16-8-6-14-27(34)30-21-29-31-20-28-24(18-23-10-4-5-13-26(23)28)19-36(31)41-35-17-9-7-15-33(35)39-38(41)32(29)22-37(30)40/h1-17,19-22H,18H2. The van der Waals surface area contributed by atoms with E-state index in [2.05, 4.69) is 136 Å². The summed E-state index contributed by atoms with van der Waals surface area (Å²) in [6.07, 6.45) is 0.969. The number of benzene rings is 6. The third-order valence-electron chi connectivity index (χ3n) is 9.07. The van der Waals surface area contributed by atoms with Crippen LogP contribution in [0.15, 0.2) is 127 Å². The molecular weight excluding hydrogens is 498 g/mol. The number of hydrogen-bond acceptors (Lipinski definition) is 1. The fraction of sp³-hybridized carbons (Fsp3) is 0.0263. The monoisotopic (exact) mass is 521 g/mol. The third kappa shape index (κ3) is 2.75. The lowest BCUT2D eigenvalue weighted by Gasteiger charge is -2.13. The Morgan fingerprint density at radius 2 is 1.22 bits per heavy atom. The van der Waals surface area contributed by atoms with Crippen LogP contribution in [-0.2, 0) is 6.42 Å². The Hall–Kier alpha value is -5.41. The van der Waals surface area contributed by atoms with Crippen LogP contribution in [0.25, 0.3) is 77.0 Å². The van der Waals surface area contributed by atoms with E-state index in [4.69, 9.17) is 4.98 Å². The second kappa shape index (κ2) is 7.61. The molecule has 9 aromatic rings. The van der Waals surface area contributed by atoms with Crippen LogP contribution in [-0.4, -0.2) is 14.0 Å². The molecule has 0 aliphatic heterocycles. The summed E-state index contributed by atoms with van der Waals surface area (Å²) < 4.78 is 4.78. The van der Waals surface area contributed by atoms with Gasteiger partial charge in [0.15, 0.2) is 0 Å². The largest absolute Gasteiger partial charge is 0.309 e. The Morgan fingerprint density at radius 3 is 2.15 bits per heavy atom. The molecule has 3 heterocycles. The number of aromatic nitrogens is 3. The summed E-state index contributed by atoms with van der Waals surface area (Å²) >= 11 is 0. The van der Waals surface area contributed by atoms with Gasteiger partial charge in [0.1, 0.15) is 5.65 Å². The predicted octanol–water partition coefficient (Wildman–Crippen LogP) is 9.46. The Bertz CT molecular complexity index is 2550. The highest BCUT2D eigenvalue weighted by molar-refractivity contribution is 6.22. The maximum absolute atomic E-state index is 5.24. The van der Waals surface area contributed by atoms with Gasteiger partial charge in [-0.05, 0) is 88.7 Å². The highest BCUT2D eigenvalue weighted by Gasteiger charge is 2.23. The van der Waals surface area contributed by atoms with E-state index in [1.165, 1.54) is 65.7 Å². The quantitative estimate of drug-likeness (QED) is 0.197. The minimum absolute atomic E-state index is 0.969. The van der Waals surface area contributed by atoms with Crippen molar-refractivity contribution in [2.24, 2.45) is 0 Å². The summed E-state index contributed by atoms with van der Waals surface area (Å²) in [5, 5.41) is 6.22. The number of fused-ring (bicyclic) bond motifs is 14. The molecule has 0 atom stereocenters. The van der Waals surface area contributed by atoms with Crippen LogP contribution in [0.1, 0.15) is 11.1 Å². The lowest BCUT2D eigenvalue weighted by Crippen LogP contribution is -1.96. The summed E-state index contributed by atoms with van der Waals surface area (Å²) in [6.45, 7) is 0. The highest BCUT2D eigenvalue weighted by Crippen LogP contribution is 2.44. The van der Waals surface area contributed by atoms with Crippen molar-refractivity contribution < 1.29 is 0 Å². The average Bonchev–Trinajstić information content (AvgIpc) is 3.69. The summed E-state index contributed by atoms with van der Waals surface area (Å²) in [5.41, 5.74) is 13.5. The van der Waals surface area contributed by atoms with E-state index in [0.717, 1.165) is 28.8 Å². The summed E-state index contributed by atoms with van der Waals surface area (Å²) in [4.78, 5) is 5.24. The minimum atomic E-state index is 0.969. The molecule has 6 aromatic carbocycles. The van der Waals surface area contributed by atoms with Crippen molar-refractivity contribution in [3.63, 3.8) is 0 Å². The van der Waals surface area contributed by atoms with Crippen LogP contribution >= 0.6 is 0 Å². The topological polar surface area (TPSA) is 22.2 Å². The molecule has 41 heavy (non-hydrogen) atoms. The van der Waals surface area contributed by atoms with Crippen LogP contribution < -0.4 is 0 Å². The molecule has 0 N–H and O–H groups in total. The molecule has 10 rings (SSSR count). The van der Waals surface area contributed by atoms with Crippen LogP contribution in [0, 0.1) is 0 Å². The number of hydrogen-bond donors (Lipinski definition) is 0. The highest BCUT2D eigenvalue weighted by atomic mass is 15.0. The molecule has 3 nitrogen and oxygen atoms in total. The van der Waals surface area contributed by atoms with E-state index in [0.29, 0.717) is 0 Å². The SMILES string of the molecule is c1ccc(-n2c3ccccc3c3cc4c5cc6c(cc5n5c7ccccc7nc5c4cc32)Cc2ccccc2-6)cc1. The second-order valence-electron chi connectivity index (χ2n) is 11.2. The average molecular weight is 522 g/mol. The molecule has 190 valence electrons. The van der Waals surface area contributed by atoms with Gasteiger partial charge in [-0.2, -0.15) is 0 Å². The van der Waals surface area contributed by atoms with Gasteiger partial charge in [0.2, 0.25) is 0 Å². The van der Waals surface area contributed by atoms with Gasteiger partial charge in [0.05, 0.1) is 27.6 Å². The van der Waals surface area contributed by atoms with Crippen molar-refractivity contribution in [1.82, 2.24) is 14.0 Å². The Morgan fingerprint density at radius 1 is 0.463 bits per heavy atom. The molecule has 0 saturated carbocycles. The molecule has 3 heteroatoms. The number of para-hydroxylation sites is 4. The first-order valence-corrected chi connectivity index (χ1v) is 14.2. The van der Waals surface area contributed by atoms with E-state index < -0.39 is 0 Å². The summed E-state index contributed by atoms with van der Waals surface area (Å²) in [6, 6.07) is 46.5. The van der Waals surface area contributed by atoms with Crippen molar-refractivity contribution in [2.45, 2.75) is 6.42 Å². The van der Waals surface area contributed by atoms with Gasteiger partial charge in [-0.15, -0.1) is 0 Å². The van der Waals surface area contributed by atoms with E-state index in [9.17, 15) is 0 Å². The number of nitrogens with zero attached hydrogens (tertiary/aromatic N) is 3. The van der Waals surface area contributed by atoms with Crippen molar-refractivity contribution in [1.29, 1.82) is 0 Å². The van der Waals surface area contributed by atoms with Gasteiger partial charge in [-0.3, -0.25) is 4.40 Å². The molecule has 0 saturated heterocycles. The van der Waals surface area contributed by atoms with E-state index in [-0.39, 0.29) is 0 Å². The van der Waals surface area contributed by atoms with Gasteiger partial charge in [0.25, 0.3) is 0 Å². The molecule has 0 radical (unpaired) electrons. The van der Waals surface area contributed by atoms with Crippen molar-refractivity contribution in [3.8, 4) is 16.8 Å². The smallest absolute Gasteiger partial charge is 0.146 e. The number of rotatable bonds is 1. The fourth-order valence-electron chi connectivity index (χ4n) is 7.30. The predicted molar refractivity (Wildman–Crippen MR) is 170 cm³/mol. The number of pyridine rings is 1. The molecule has 1 aliphatic carbocycles. The number of imidazole rings is 1. The first kappa shape index (κ1) is 21.4. The first-order valence-electron chi connectivity index (χ1n) is 14.2. The molecular formula is C38H23N3. The lowest BCUT2D eigenvalue weighted by molar-refractivity contribution is 1.18. The van der Waals surface area contributed by atoms with Gasteiger partial charge in [-0.25, -0.2) is 4.98 Å². The molecule has 3 aromatic heterocycles. The van der Waals surface area contributed by atoms with Crippen LogP contribution in [0.5, 0.6) is 0 Å². The minimum Gasteiger partial charge on any atom is -0.309 e. The molecule has 0 spiro atoms. The maximum Gasteiger partial charge on any atom is 0.146 e. The second-order valence-corrected chi connectivity index (χ2v) is 11.2. The summed E-state index contributed by atoms with van der Waals surface area (Å²) in [7, 11) is 0. The van der Waals surface area contributed by atoms with Gasteiger partial charge in [-0.1, -0.05) is 72.8 Å². The van der Waals surface area contributed by atoms with Crippen LogP contribution in [0.4, 0.5) is 0 Å². The Labute approximate surface area is 235 Å². The van der Waals surface area contributed by atoms with Gasteiger partial charge in [0, 0.05) is 27.2 Å². The fourth-order valence-corrected chi connectivity index (χ4v) is 7.30.